The summed E-state index contributed by atoms with van der Waals surface area (Å²) in [6, 6.07) is 7.62. The SMILES string of the molecule is CCCCCCCCCc1ccc(OC(OCC)C(=O)O)cc1. The molecule has 0 aliphatic heterocycles. The fourth-order valence-corrected chi connectivity index (χ4v) is 2.45. The Hall–Kier alpha value is -1.55. The van der Waals surface area contributed by atoms with Crippen molar-refractivity contribution in [2.24, 2.45) is 0 Å². The summed E-state index contributed by atoms with van der Waals surface area (Å²) in [7, 11) is 0. The number of aryl methyl sites for hydroxylation is 1. The third kappa shape index (κ3) is 8.60. The molecule has 0 fully saturated rings. The monoisotopic (exact) mass is 322 g/mol. The molecule has 0 heterocycles. The quantitative estimate of drug-likeness (QED) is 0.418. The Kier molecular flexibility index (Phi) is 10.1. The Bertz CT molecular complexity index is 428. The average molecular weight is 322 g/mol. The minimum atomic E-state index is -1.24. The number of hydrogen-bond acceptors (Lipinski definition) is 3. The number of ether oxygens (including phenoxy) is 2. The lowest BCUT2D eigenvalue weighted by molar-refractivity contribution is -0.170. The Morgan fingerprint density at radius 1 is 1.00 bits per heavy atom. The third-order valence-electron chi connectivity index (χ3n) is 3.76. The van der Waals surface area contributed by atoms with Gasteiger partial charge in [0.1, 0.15) is 5.75 Å². The first-order valence-corrected chi connectivity index (χ1v) is 8.77. The van der Waals surface area contributed by atoms with Crippen LogP contribution in [0.2, 0.25) is 0 Å². The topological polar surface area (TPSA) is 55.8 Å². The fourth-order valence-electron chi connectivity index (χ4n) is 2.45. The van der Waals surface area contributed by atoms with Gasteiger partial charge in [0.25, 0.3) is 6.29 Å². The molecule has 0 saturated carbocycles. The van der Waals surface area contributed by atoms with Crippen molar-refractivity contribution < 1.29 is 19.4 Å². The van der Waals surface area contributed by atoms with Crippen LogP contribution in [0, 0.1) is 0 Å². The molecule has 1 N–H and O–H groups in total. The second-order valence-corrected chi connectivity index (χ2v) is 5.76. The standard InChI is InChI=1S/C19H30O4/c1-3-5-6-7-8-9-10-11-16-12-14-17(15-13-16)23-19(18(20)21)22-4-2/h12-15,19H,3-11H2,1-2H3,(H,20,21). The van der Waals surface area contributed by atoms with Crippen LogP contribution in [0.5, 0.6) is 5.75 Å². The summed E-state index contributed by atoms with van der Waals surface area (Å²) in [4.78, 5) is 11.0. The van der Waals surface area contributed by atoms with E-state index in [4.69, 9.17) is 14.6 Å². The summed E-state index contributed by atoms with van der Waals surface area (Å²) < 4.78 is 10.4. The van der Waals surface area contributed by atoms with Crippen LogP contribution in [0.1, 0.15) is 64.4 Å². The van der Waals surface area contributed by atoms with Crippen LogP contribution in [0.4, 0.5) is 0 Å². The van der Waals surface area contributed by atoms with Gasteiger partial charge >= 0.3 is 5.97 Å². The van der Waals surface area contributed by atoms with Gasteiger partial charge in [-0.25, -0.2) is 4.79 Å². The molecule has 0 radical (unpaired) electrons. The van der Waals surface area contributed by atoms with Crippen molar-refractivity contribution in [2.75, 3.05) is 6.61 Å². The second-order valence-electron chi connectivity index (χ2n) is 5.76. The number of aliphatic carboxylic acids is 1. The van der Waals surface area contributed by atoms with Crippen LogP contribution in [-0.2, 0) is 16.0 Å². The van der Waals surface area contributed by atoms with Crippen molar-refractivity contribution >= 4 is 5.97 Å². The highest BCUT2D eigenvalue weighted by molar-refractivity contribution is 5.71. The van der Waals surface area contributed by atoms with Crippen molar-refractivity contribution in [1.82, 2.24) is 0 Å². The fraction of sp³-hybridized carbons (Fsp3) is 0.632. The molecule has 4 heteroatoms. The van der Waals surface area contributed by atoms with E-state index in [-0.39, 0.29) is 0 Å². The molecule has 1 unspecified atom stereocenters. The number of carboxylic acid groups (broad SMARTS) is 1. The third-order valence-corrected chi connectivity index (χ3v) is 3.76. The van der Waals surface area contributed by atoms with E-state index in [2.05, 4.69) is 6.92 Å². The summed E-state index contributed by atoms with van der Waals surface area (Å²) in [6.07, 6.45) is 8.94. The van der Waals surface area contributed by atoms with Gasteiger partial charge in [0, 0.05) is 6.61 Å². The van der Waals surface area contributed by atoms with E-state index in [9.17, 15) is 4.79 Å². The van der Waals surface area contributed by atoms with E-state index < -0.39 is 12.3 Å². The number of carboxylic acids is 1. The van der Waals surface area contributed by atoms with Crippen LogP contribution < -0.4 is 4.74 Å². The average Bonchev–Trinajstić information content (AvgIpc) is 2.55. The first-order valence-electron chi connectivity index (χ1n) is 8.77. The number of hydrogen-bond donors (Lipinski definition) is 1. The molecule has 23 heavy (non-hydrogen) atoms. The van der Waals surface area contributed by atoms with Gasteiger partial charge in [-0.2, -0.15) is 0 Å². The number of benzene rings is 1. The number of rotatable bonds is 13. The molecular weight excluding hydrogens is 292 g/mol. The zero-order valence-corrected chi connectivity index (χ0v) is 14.4. The predicted molar refractivity (Wildman–Crippen MR) is 91.8 cm³/mol. The highest BCUT2D eigenvalue weighted by atomic mass is 16.7. The van der Waals surface area contributed by atoms with Crippen molar-refractivity contribution in [3.63, 3.8) is 0 Å². The van der Waals surface area contributed by atoms with Crippen LogP contribution in [0.15, 0.2) is 24.3 Å². The van der Waals surface area contributed by atoms with Crippen LogP contribution >= 0.6 is 0 Å². The van der Waals surface area contributed by atoms with Crippen LogP contribution in [0.25, 0.3) is 0 Å². The Morgan fingerprint density at radius 3 is 2.17 bits per heavy atom. The second kappa shape index (κ2) is 11.9. The van der Waals surface area contributed by atoms with Gasteiger partial charge in [0.05, 0.1) is 0 Å². The molecule has 130 valence electrons. The minimum Gasteiger partial charge on any atom is -0.477 e. The maximum absolute atomic E-state index is 11.0. The molecule has 0 aromatic heterocycles. The zero-order valence-electron chi connectivity index (χ0n) is 14.4. The van der Waals surface area contributed by atoms with E-state index in [0.717, 1.165) is 6.42 Å². The van der Waals surface area contributed by atoms with Gasteiger partial charge in [-0.05, 0) is 37.5 Å². The van der Waals surface area contributed by atoms with Gasteiger partial charge < -0.3 is 14.6 Å². The first kappa shape index (κ1) is 19.5. The summed E-state index contributed by atoms with van der Waals surface area (Å²) in [5, 5.41) is 8.99. The Labute approximate surface area is 139 Å². The molecule has 0 spiro atoms. The molecule has 0 saturated heterocycles. The van der Waals surface area contributed by atoms with E-state index in [1.807, 2.05) is 24.3 Å². The maximum Gasteiger partial charge on any atom is 0.373 e. The lowest BCUT2D eigenvalue weighted by Gasteiger charge is -2.14. The van der Waals surface area contributed by atoms with E-state index in [1.54, 1.807) is 6.92 Å². The normalized spacial score (nSPS) is 12.1. The number of carbonyl (C=O) groups is 1. The predicted octanol–water partition coefficient (Wildman–Crippen LogP) is 4.81. The molecule has 1 atom stereocenters. The van der Waals surface area contributed by atoms with Gasteiger partial charge in [0.15, 0.2) is 0 Å². The minimum absolute atomic E-state index is 0.299. The first-order chi connectivity index (χ1) is 11.2. The highest BCUT2D eigenvalue weighted by Crippen LogP contribution is 2.17. The van der Waals surface area contributed by atoms with Crippen molar-refractivity contribution in [1.29, 1.82) is 0 Å². The van der Waals surface area contributed by atoms with Gasteiger partial charge in [-0.3, -0.25) is 0 Å². The van der Waals surface area contributed by atoms with Crippen LogP contribution in [-0.4, -0.2) is 24.0 Å². The molecule has 1 rings (SSSR count). The Balaban J connectivity index is 2.28. The van der Waals surface area contributed by atoms with Crippen molar-refractivity contribution in [3.8, 4) is 5.75 Å². The molecule has 0 aliphatic carbocycles. The lowest BCUT2D eigenvalue weighted by Crippen LogP contribution is -2.30. The summed E-state index contributed by atoms with van der Waals surface area (Å²) >= 11 is 0. The zero-order chi connectivity index (χ0) is 16.9. The van der Waals surface area contributed by atoms with E-state index >= 15 is 0 Å². The molecule has 4 nitrogen and oxygen atoms in total. The summed E-state index contributed by atoms with van der Waals surface area (Å²) in [5.41, 5.74) is 1.26. The molecule has 0 amide bonds. The van der Waals surface area contributed by atoms with Gasteiger partial charge in [-0.15, -0.1) is 0 Å². The van der Waals surface area contributed by atoms with Gasteiger partial charge in [0.2, 0.25) is 0 Å². The van der Waals surface area contributed by atoms with E-state index in [0.29, 0.717) is 12.4 Å². The molecule has 1 aromatic carbocycles. The molecule has 0 bridgehead atoms. The van der Waals surface area contributed by atoms with Crippen molar-refractivity contribution in [3.05, 3.63) is 29.8 Å². The van der Waals surface area contributed by atoms with Gasteiger partial charge in [-0.1, -0.05) is 57.6 Å². The highest BCUT2D eigenvalue weighted by Gasteiger charge is 2.19. The largest absolute Gasteiger partial charge is 0.477 e. The maximum atomic E-state index is 11.0. The van der Waals surface area contributed by atoms with Crippen LogP contribution in [0.3, 0.4) is 0 Å². The lowest BCUT2D eigenvalue weighted by atomic mass is 10.0. The summed E-state index contributed by atoms with van der Waals surface area (Å²) in [5.74, 6) is -0.590. The molecule has 1 aromatic rings. The smallest absolute Gasteiger partial charge is 0.373 e. The Morgan fingerprint density at radius 2 is 1.61 bits per heavy atom. The summed E-state index contributed by atoms with van der Waals surface area (Å²) in [6.45, 7) is 4.28. The molecular formula is C19H30O4. The number of unbranched alkanes of at least 4 members (excludes halogenated alkanes) is 6. The van der Waals surface area contributed by atoms with Crippen molar-refractivity contribution in [2.45, 2.75) is 71.5 Å². The molecule has 0 aliphatic rings. The van der Waals surface area contributed by atoms with E-state index in [1.165, 1.54) is 50.5 Å².